The summed E-state index contributed by atoms with van der Waals surface area (Å²) in [6, 6.07) is 9.50. The fourth-order valence-corrected chi connectivity index (χ4v) is 2.75. The van der Waals surface area contributed by atoms with Gasteiger partial charge in [0.05, 0.1) is 22.2 Å². The van der Waals surface area contributed by atoms with Crippen LogP contribution in [0.1, 0.15) is 20.8 Å². The van der Waals surface area contributed by atoms with Gasteiger partial charge < -0.3 is 0 Å². The van der Waals surface area contributed by atoms with E-state index in [1.54, 1.807) is 10.6 Å². The van der Waals surface area contributed by atoms with Crippen molar-refractivity contribution in [1.82, 2.24) is 9.55 Å². The van der Waals surface area contributed by atoms with Crippen LogP contribution in [0.25, 0.3) is 10.9 Å². The van der Waals surface area contributed by atoms with Crippen molar-refractivity contribution in [2.45, 2.75) is 37.7 Å². The van der Waals surface area contributed by atoms with Gasteiger partial charge in [-0.05, 0) is 25.0 Å². The topological polar surface area (TPSA) is 58.7 Å². The molecule has 0 spiro atoms. The molecule has 0 bridgehead atoms. The number of nitrogens with zero attached hydrogens (tertiary/aromatic N) is 3. The van der Waals surface area contributed by atoms with Gasteiger partial charge in [0.1, 0.15) is 0 Å². The molecule has 0 aliphatic heterocycles. The van der Waals surface area contributed by atoms with Crippen molar-refractivity contribution in [2.75, 3.05) is 0 Å². The summed E-state index contributed by atoms with van der Waals surface area (Å²) in [7, 11) is 0. The smallest absolute Gasteiger partial charge is 0.262 e. The quantitative estimate of drug-likeness (QED) is 0.640. The minimum Gasteiger partial charge on any atom is -0.287 e. The number of rotatable bonds is 4. The summed E-state index contributed by atoms with van der Waals surface area (Å²) in [6.07, 6.45) is 0. The number of hydrogen-bond donors (Lipinski definition) is 0. The van der Waals surface area contributed by atoms with Gasteiger partial charge in [0.25, 0.3) is 5.56 Å². The first-order valence-corrected chi connectivity index (χ1v) is 7.46. The van der Waals surface area contributed by atoms with Crippen LogP contribution in [0, 0.1) is 17.2 Å². The zero-order valence-corrected chi connectivity index (χ0v) is 12.6. The third kappa shape index (κ3) is 3.02. The van der Waals surface area contributed by atoms with E-state index in [4.69, 9.17) is 5.26 Å². The van der Waals surface area contributed by atoms with Crippen LogP contribution in [0.2, 0.25) is 0 Å². The van der Waals surface area contributed by atoms with Crippen molar-refractivity contribution < 1.29 is 0 Å². The summed E-state index contributed by atoms with van der Waals surface area (Å²) in [5, 5.41) is 9.98. The van der Waals surface area contributed by atoms with Crippen molar-refractivity contribution in [2.24, 2.45) is 5.92 Å². The first kappa shape index (κ1) is 14.6. The Morgan fingerprint density at radius 3 is 2.70 bits per heavy atom. The zero-order valence-electron chi connectivity index (χ0n) is 11.8. The van der Waals surface area contributed by atoms with E-state index < -0.39 is 0 Å². The third-order valence-electron chi connectivity index (χ3n) is 2.84. The maximum atomic E-state index is 12.6. The van der Waals surface area contributed by atoms with E-state index in [0.717, 1.165) is 0 Å². The zero-order chi connectivity index (χ0) is 14.7. The number of hydrogen-bond acceptors (Lipinski definition) is 4. The van der Waals surface area contributed by atoms with E-state index in [1.807, 2.05) is 25.1 Å². The second-order valence-electron chi connectivity index (χ2n) is 5.11. The highest BCUT2D eigenvalue weighted by Crippen LogP contribution is 2.22. The minimum absolute atomic E-state index is 0.0306. The molecule has 0 radical (unpaired) electrons. The average Bonchev–Trinajstić information content (AvgIpc) is 2.42. The summed E-state index contributed by atoms with van der Waals surface area (Å²) in [5.41, 5.74) is 0.655. The van der Waals surface area contributed by atoms with Gasteiger partial charge in [0.2, 0.25) is 0 Å². The maximum absolute atomic E-state index is 12.6. The van der Waals surface area contributed by atoms with Crippen LogP contribution in [0.5, 0.6) is 0 Å². The summed E-state index contributed by atoms with van der Waals surface area (Å²) in [6.45, 7) is 6.54. The fraction of sp³-hybridized carbons (Fsp3) is 0.400. The first-order chi connectivity index (χ1) is 9.52. The second-order valence-corrected chi connectivity index (χ2v) is 6.42. The molecule has 5 heteroatoms. The highest BCUT2D eigenvalue weighted by Gasteiger charge is 2.14. The molecule has 0 aliphatic carbocycles. The summed E-state index contributed by atoms with van der Waals surface area (Å²) in [5.74, 6) is 0.340. The van der Waals surface area contributed by atoms with Crippen molar-refractivity contribution in [3.63, 3.8) is 0 Å². The maximum Gasteiger partial charge on any atom is 0.262 e. The highest BCUT2D eigenvalue weighted by atomic mass is 32.2. The molecule has 0 saturated heterocycles. The first-order valence-electron chi connectivity index (χ1n) is 6.58. The van der Waals surface area contributed by atoms with Crippen LogP contribution in [-0.2, 0) is 6.54 Å². The standard InChI is InChI=1S/C15H17N3OS/c1-10(2)9-18-14(19)12-6-4-5-7-13(12)17-15(18)20-11(3)8-16/h4-7,10-11H,9H2,1-3H3/t11-/m1/s1. The van der Waals surface area contributed by atoms with Gasteiger partial charge in [-0.2, -0.15) is 5.26 Å². The van der Waals surface area contributed by atoms with Crippen LogP contribution in [0.4, 0.5) is 0 Å². The van der Waals surface area contributed by atoms with Crippen LogP contribution in [-0.4, -0.2) is 14.8 Å². The number of para-hydroxylation sites is 1. The van der Waals surface area contributed by atoms with E-state index in [0.29, 0.717) is 28.5 Å². The fourth-order valence-electron chi connectivity index (χ4n) is 1.95. The van der Waals surface area contributed by atoms with Crippen molar-refractivity contribution >= 4 is 22.7 Å². The molecule has 1 heterocycles. The second kappa shape index (κ2) is 6.10. The summed E-state index contributed by atoms with van der Waals surface area (Å²) in [4.78, 5) is 17.1. The number of benzene rings is 1. The predicted octanol–water partition coefficient (Wildman–Crippen LogP) is 3.06. The van der Waals surface area contributed by atoms with Gasteiger partial charge in [-0.1, -0.05) is 37.7 Å². The molecule has 4 nitrogen and oxygen atoms in total. The van der Waals surface area contributed by atoms with E-state index in [-0.39, 0.29) is 10.8 Å². The normalized spacial score (nSPS) is 12.6. The van der Waals surface area contributed by atoms with Crippen molar-refractivity contribution in [1.29, 1.82) is 5.26 Å². The molecule has 0 unspecified atom stereocenters. The Bertz CT molecular complexity index is 715. The Kier molecular flexibility index (Phi) is 4.46. The molecule has 1 atom stereocenters. The molecule has 0 fully saturated rings. The Balaban J connectivity index is 2.63. The van der Waals surface area contributed by atoms with Gasteiger partial charge in [-0.3, -0.25) is 9.36 Å². The Labute approximate surface area is 122 Å². The lowest BCUT2D eigenvalue weighted by Gasteiger charge is -2.15. The lowest BCUT2D eigenvalue weighted by Crippen LogP contribution is -2.25. The Morgan fingerprint density at radius 2 is 2.05 bits per heavy atom. The molecule has 1 aromatic heterocycles. The van der Waals surface area contributed by atoms with Crippen LogP contribution in [0.15, 0.2) is 34.2 Å². The third-order valence-corrected chi connectivity index (χ3v) is 3.82. The van der Waals surface area contributed by atoms with E-state index in [9.17, 15) is 4.79 Å². The van der Waals surface area contributed by atoms with E-state index in [1.165, 1.54) is 11.8 Å². The van der Waals surface area contributed by atoms with Crippen LogP contribution < -0.4 is 5.56 Å². The van der Waals surface area contributed by atoms with Gasteiger partial charge in [0.15, 0.2) is 5.16 Å². The summed E-state index contributed by atoms with van der Waals surface area (Å²) >= 11 is 1.33. The molecule has 0 amide bonds. The average molecular weight is 287 g/mol. The largest absolute Gasteiger partial charge is 0.287 e. The van der Waals surface area contributed by atoms with E-state index in [2.05, 4.69) is 24.9 Å². The molecule has 1 aromatic carbocycles. The molecular weight excluding hydrogens is 270 g/mol. The van der Waals surface area contributed by atoms with Gasteiger partial charge in [-0.15, -0.1) is 0 Å². The molecule has 104 valence electrons. The molecule has 0 N–H and O–H groups in total. The van der Waals surface area contributed by atoms with Gasteiger partial charge in [-0.25, -0.2) is 4.98 Å². The molecule has 0 saturated carbocycles. The lowest BCUT2D eigenvalue weighted by atomic mass is 10.2. The summed E-state index contributed by atoms with van der Waals surface area (Å²) < 4.78 is 1.69. The lowest BCUT2D eigenvalue weighted by molar-refractivity contribution is 0.475. The Morgan fingerprint density at radius 1 is 1.35 bits per heavy atom. The van der Waals surface area contributed by atoms with Gasteiger partial charge in [0, 0.05) is 6.54 Å². The Hall–Kier alpha value is -1.80. The van der Waals surface area contributed by atoms with E-state index >= 15 is 0 Å². The molecular formula is C15H17N3OS. The molecule has 20 heavy (non-hydrogen) atoms. The van der Waals surface area contributed by atoms with Crippen molar-refractivity contribution in [3.05, 3.63) is 34.6 Å². The van der Waals surface area contributed by atoms with Crippen LogP contribution in [0.3, 0.4) is 0 Å². The SMILES string of the molecule is CC(C)Cn1c(S[C@H](C)C#N)nc2ccccc2c1=O. The number of aromatic nitrogens is 2. The number of fused-ring (bicyclic) bond motifs is 1. The van der Waals surface area contributed by atoms with Crippen molar-refractivity contribution in [3.8, 4) is 6.07 Å². The predicted molar refractivity (Wildman–Crippen MR) is 81.8 cm³/mol. The molecule has 2 aromatic rings. The van der Waals surface area contributed by atoms with Crippen LogP contribution >= 0.6 is 11.8 Å². The number of nitriles is 1. The monoisotopic (exact) mass is 287 g/mol. The van der Waals surface area contributed by atoms with Gasteiger partial charge >= 0.3 is 0 Å². The molecule has 0 aliphatic rings. The highest BCUT2D eigenvalue weighted by molar-refractivity contribution is 8.00. The number of thioether (sulfide) groups is 1. The minimum atomic E-state index is -0.235. The molecule has 2 rings (SSSR count).